The Bertz CT molecular complexity index is 1160. The first-order valence-electron chi connectivity index (χ1n) is 10.0. The first-order chi connectivity index (χ1) is 16.2. The number of carbonyl (C=O) groups is 2. The van der Waals surface area contributed by atoms with Crippen molar-refractivity contribution >= 4 is 23.5 Å². The molecule has 0 bridgehead atoms. The molecule has 0 saturated carbocycles. The molecule has 2 aromatic rings. The molecule has 1 amide bonds. The summed E-state index contributed by atoms with van der Waals surface area (Å²) in [5.74, 6) is -4.20. The highest BCUT2D eigenvalue weighted by Gasteiger charge is 2.40. The van der Waals surface area contributed by atoms with Gasteiger partial charge < -0.3 is 10.1 Å². The van der Waals surface area contributed by atoms with E-state index in [1.807, 2.05) is 0 Å². The lowest BCUT2D eigenvalue weighted by Gasteiger charge is -2.23. The predicted molar refractivity (Wildman–Crippen MR) is 111 cm³/mol. The number of halogens is 8. The summed E-state index contributed by atoms with van der Waals surface area (Å²) in [4.78, 5) is 25.0. The number of esters is 1. The van der Waals surface area contributed by atoms with Gasteiger partial charge in [-0.15, -0.1) is 0 Å². The van der Waals surface area contributed by atoms with Crippen molar-refractivity contribution in [1.29, 1.82) is 0 Å². The third-order valence-corrected chi connectivity index (χ3v) is 5.84. The number of alkyl halides is 6. The minimum absolute atomic E-state index is 0.0409. The number of allylic oxidation sites excluding steroid dienone is 1. The summed E-state index contributed by atoms with van der Waals surface area (Å²) in [5, 5.41) is 2.29. The molecular formula is C23H17ClF7NO3. The largest absolute Gasteiger partial charge is 0.469 e. The highest BCUT2D eigenvalue weighted by Crippen LogP contribution is 2.39. The van der Waals surface area contributed by atoms with Crippen LogP contribution >= 0.6 is 11.6 Å². The molecule has 2 aromatic carbocycles. The minimum atomic E-state index is -5.21. The fourth-order valence-electron chi connectivity index (χ4n) is 3.89. The Morgan fingerprint density at radius 2 is 1.71 bits per heavy atom. The van der Waals surface area contributed by atoms with Crippen LogP contribution in [-0.2, 0) is 21.9 Å². The van der Waals surface area contributed by atoms with Crippen LogP contribution in [0.4, 0.5) is 30.7 Å². The van der Waals surface area contributed by atoms with Crippen molar-refractivity contribution in [2.75, 3.05) is 7.11 Å². The van der Waals surface area contributed by atoms with Crippen molar-refractivity contribution in [3.05, 3.63) is 81.6 Å². The molecule has 0 fully saturated rings. The normalized spacial score (nSPS) is 18.9. The summed E-state index contributed by atoms with van der Waals surface area (Å²) >= 11 is 6.08. The van der Waals surface area contributed by atoms with Crippen LogP contribution in [0.2, 0.25) is 5.02 Å². The molecule has 0 aliphatic heterocycles. The van der Waals surface area contributed by atoms with E-state index in [9.17, 15) is 40.3 Å². The van der Waals surface area contributed by atoms with Gasteiger partial charge in [-0.3, -0.25) is 9.59 Å². The Hall–Kier alpha value is -3.08. The van der Waals surface area contributed by atoms with Gasteiger partial charge in [-0.05, 0) is 48.2 Å². The van der Waals surface area contributed by atoms with Crippen molar-refractivity contribution in [2.24, 2.45) is 5.92 Å². The molecule has 0 radical (unpaired) electrons. The van der Waals surface area contributed by atoms with E-state index in [1.165, 1.54) is 18.2 Å². The number of amides is 1. The molecule has 1 N–H and O–H groups in total. The van der Waals surface area contributed by atoms with E-state index < -0.39 is 64.6 Å². The van der Waals surface area contributed by atoms with Gasteiger partial charge in [-0.2, -0.15) is 26.3 Å². The van der Waals surface area contributed by atoms with E-state index in [0.717, 1.165) is 19.2 Å². The van der Waals surface area contributed by atoms with Crippen LogP contribution in [0.3, 0.4) is 0 Å². The van der Waals surface area contributed by atoms with Crippen LogP contribution in [0.1, 0.15) is 39.4 Å². The first-order valence-corrected chi connectivity index (χ1v) is 10.4. The van der Waals surface area contributed by atoms with Gasteiger partial charge in [0.15, 0.2) is 0 Å². The quantitative estimate of drug-likeness (QED) is 0.291. The highest BCUT2D eigenvalue weighted by atomic mass is 35.5. The second-order valence-corrected chi connectivity index (χ2v) is 8.19. The Labute approximate surface area is 199 Å². The smallest absolute Gasteiger partial charge is 0.417 e. The van der Waals surface area contributed by atoms with Gasteiger partial charge in [0.05, 0.1) is 29.7 Å². The fourth-order valence-corrected chi connectivity index (χ4v) is 4.18. The van der Waals surface area contributed by atoms with Crippen LogP contribution < -0.4 is 5.32 Å². The van der Waals surface area contributed by atoms with Crippen molar-refractivity contribution in [1.82, 2.24) is 5.32 Å². The van der Waals surface area contributed by atoms with Gasteiger partial charge in [-0.25, -0.2) is 4.39 Å². The molecule has 0 spiro atoms. The molecule has 0 aromatic heterocycles. The maximum absolute atomic E-state index is 13.4. The molecule has 3 rings (SSSR count). The Morgan fingerprint density at radius 3 is 2.29 bits per heavy atom. The van der Waals surface area contributed by atoms with Crippen molar-refractivity contribution < 1.29 is 45.1 Å². The summed E-state index contributed by atoms with van der Waals surface area (Å²) in [6.45, 7) is 0. The second kappa shape index (κ2) is 9.88. The molecule has 3 unspecified atom stereocenters. The molecular weight excluding hydrogens is 507 g/mol. The molecule has 3 atom stereocenters. The summed E-state index contributed by atoms with van der Waals surface area (Å²) in [6.07, 6.45) is -7.23. The van der Waals surface area contributed by atoms with Crippen LogP contribution in [0, 0.1) is 11.7 Å². The number of ether oxygens (including phenoxy) is 1. The van der Waals surface area contributed by atoms with Gasteiger partial charge in [0.1, 0.15) is 5.82 Å². The van der Waals surface area contributed by atoms with E-state index >= 15 is 0 Å². The van der Waals surface area contributed by atoms with Gasteiger partial charge in [0.2, 0.25) is 0 Å². The Morgan fingerprint density at radius 1 is 1.03 bits per heavy atom. The average molecular weight is 524 g/mol. The number of carbonyl (C=O) groups excluding carboxylic acids is 2. The van der Waals surface area contributed by atoms with E-state index in [-0.39, 0.29) is 23.1 Å². The summed E-state index contributed by atoms with van der Waals surface area (Å²) in [6, 6.07) is 3.30. The maximum Gasteiger partial charge on any atom is 0.417 e. The summed E-state index contributed by atoms with van der Waals surface area (Å²) in [7, 11) is 1.13. The van der Waals surface area contributed by atoms with Crippen LogP contribution in [0.15, 0.2) is 48.6 Å². The predicted octanol–water partition coefficient (Wildman–Crippen LogP) is 6.15. The van der Waals surface area contributed by atoms with Gasteiger partial charge in [0.25, 0.3) is 5.91 Å². The second-order valence-electron chi connectivity index (χ2n) is 7.79. The standard InChI is InChI=1S/C23H17ClF7NO3/c1-35-21(34)19(16-7-4-13(25)10-18(16)24)11-2-5-14(8-11)32-20(33)15-6-3-12(22(26,27)28)9-17(15)23(29,30)31/h2-7,9-11,14,19H,8H2,1H3,(H,32,33). The third-order valence-electron chi connectivity index (χ3n) is 5.51. The number of methoxy groups -OCH3 is 1. The molecule has 1 aliphatic carbocycles. The van der Waals surface area contributed by atoms with E-state index in [2.05, 4.69) is 5.32 Å². The number of rotatable bonds is 5. The van der Waals surface area contributed by atoms with Crippen LogP contribution in [0.25, 0.3) is 0 Å². The number of hydrogen-bond donors (Lipinski definition) is 1. The highest BCUT2D eigenvalue weighted by molar-refractivity contribution is 6.31. The van der Waals surface area contributed by atoms with E-state index in [0.29, 0.717) is 12.1 Å². The zero-order valence-electron chi connectivity index (χ0n) is 17.8. The number of benzene rings is 2. The van der Waals surface area contributed by atoms with Gasteiger partial charge >= 0.3 is 18.3 Å². The molecule has 1 aliphatic rings. The molecule has 0 saturated heterocycles. The minimum Gasteiger partial charge on any atom is -0.469 e. The maximum atomic E-state index is 13.4. The van der Waals surface area contributed by atoms with Gasteiger partial charge in [-0.1, -0.05) is 29.8 Å². The Balaban J connectivity index is 1.83. The van der Waals surface area contributed by atoms with E-state index in [4.69, 9.17) is 16.3 Å². The fraction of sp³-hybridized carbons (Fsp3) is 0.304. The monoisotopic (exact) mass is 523 g/mol. The van der Waals surface area contributed by atoms with Crippen molar-refractivity contribution in [2.45, 2.75) is 30.7 Å². The lowest BCUT2D eigenvalue weighted by atomic mass is 9.85. The Kier molecular flexibility index (Phi) is 7.49. The lowest BCUT2D eigenvalue weighted by molar-refractivity contribution is -0.144. The molecule has 188 valence electrons. The van der Waals surface area contributed by atoms with Crippen LogP contribution in [-0.4, -0.2) is 25.0 Å². The molecule has 35 heavy (non-hydrogen) atoms. The van der Waals surface area contributed by atoms with Crippen LogP contribution in [0.5, 0.6) is 0 Å². The summed E-state index contributed by atoms with van der Waals surface area (Å²) < 4.78 is 97.0. The SMILES string of the molecule is COC(=O)C(c1ccc(F)cc1Cl)C1C=CC(NC(=O)c2ccc(C(F)(F)F)cc2C(F)(F)F)C1. The topological polar surface area (TPSA) is 55.4 Å². The molecule has 12 heteroatoms. The zero-order chi connectivity index (χ0) is 26.1. The van der Waals surface area contributed by atoms with Crippen molar-refractivity contribution in [3.8, 4) is 0 Å². The number of hydrogen-bond acceptors (Lipinski definition) is 3. The van der Waals surface area contributed by atoms with Crippen molar-refractivity contribution in [3.63, 3.8) is 0 Å². The molecule has 4 nitrogen and oxygen atoms in total. The third kappa shape index (κ3) is 5.95. The van der Waals surface area contributed by atoms with Gasteiger partial charge in [0, 0.05) is 11.1 Å². The average Bonchev–Trinajstić information content (AvgIpc) is 3.21. The number of nitrogens with one attached hydrogen (secondary N) is 1. The first kappa shape index (κ1) is 26.5. The zero-order valence-corrected chi connectivity index (χ0v) is 18.6. The lowest BCUT2D eigenvalue weighted by Crippen LogP contribution is -2.35. The molecule has 0 heterocycles. The summed E-state index contributed by atoms with van der Waals surface area (Å²) in [5.41, 5.74) is -4.00. The van der Waals surface area contributed by atoms with E-state index in [1.54, 1.807) is 0 Å².